The van der Waals surface area contributed by atoms with Crippen molar-refractivity contribution < 1.29 is 9.52 Å². The molecule has 0 bridgehead atoms. The largest absolute Gasteiger partial charge is 0.507 e. The molecule has 2 fully saturated rings. The van der Waals surface area contributed by atoms with Crippen LogP contribution in [-0.4, -0.2) is 19.6 Å². The third-order valence-corrected chi connectivity index (χ3v) is 14.8. The van der Waals surface area contributed by atoms with Crippen molar-refractivity contribution in [2.45, 2.75) is 136 Å². The van der Waals surface area contributed by atoms with Gasteiger partial charge in [-0.15, -0.1) is 0 Å². The summed E-state index contributed by atoms with van der Waals surface area (Å²) in [6, 6.07) is 37.0. The number of hydrogen-bond donors (Lipinski definition) is 1. The molecule has 0 unspecified atom stereocenters. The van der Waals surface area contributed by atoms with E-state index < -0.39 is 0 Å². The van der Waals surface area contributed by atoms with E-state index in [0.29, 0.717) is 11.3 Å². The summed E-state index contributed by atoms with van der Waals surface area (Å²) >= 11 is 0. The molecule has 63 heavy (non-hydrogen) atoms. The highest BCUT2D eigenvalue weighted by Crippen LogP contribution is 2.52. The summed E-state index contributed by atoms with van der Waals surface area (Å²) < 4.78 is 8.96. The summed E-state index contributed by atoms with van der Waals surface area (Å²) in [4.78, 5) is 10.5. The second kappa shape index (κ2) is 15.5. The number of benzene rings is 5. The lowest BCUT2D eigenvalue weighted by Crippen LogP contribution is -2.29. The molecule has 2 aliphatic carbocycles. The first-order valence-corrected chi connectivity index (χ1v) is 23.6. The number of phenolic OH excluding ortho intramolecular Hbond substituents is 1. The molecule has 2 aliphatic rings. The van der Waals surface area contributed by atoms with Gasteiger partial charge in [0, 0.05) is 22.7 Å². The Morgan fingerprint density at radius 3 is 2.17 bits per heavy atom. The van der Waals surface area contributed by atoms with Crippen LogP contribution in [-0.2, 0) is 10.8 Å². The SMILES string of the molecule is CC(C)c1cc(C2CCC3(CCCCC3)CC2)ccc1-n1c(-c2cc(C(C)(C)C)cc(C(C)(C)C)c2O)nc2c3c(ccc21)oc1ccc(-c2cc(-c4ccccc4)ccn2)cc13. The van der Waals surface area contributed by atoms with Crippen molar-refractivity contribution in [3.8, 4) is 45.2 Å². The first kappa shape index (κ1) is 41.3. The first-order chi connectivity index (χ1) is 30.2. The fourth-order valence-corrected chi connectivity index (χ4v) is 11.1. The van der Waals surface area contributed by atoms with Gasteiger partial charge in [0.2, 0.25) is 0 Å². The van der Waals surface area contributed by atoms with E-state index >= 15 is 0 Å². The van der Waals surface area contributed by atoms with Crippen LogP contribution in [0.4, 0.5) is 0 Å². The molecular formula is C58H63N3O2. The fourth-order valence-electron chi connectivity index (χ4n) is 11.1. The van der Waals surface area contributed by atoms with Crippen LogP contribution in [0.15, 0.2) is 114 Å². The van der Waals surface area contributed by atoms with Crippen LogP contribution in [0.2, 0.25) is 0 Å². The lowest BCUT2D eigenvalue weighted by atomic mass is 9.62. The molecule has 0 atom stereocenters. The summed E-state index contributed by atoms with van der Waals surface area (Å²) in [7, 11) is 0. The quantitative estimate of drug-likeness (QED) is 0.181. The van der Waals surface area contributed by atoms with Crippen molar-refractivity contribution in [1.82, 2.24) is 14.5 Å². The number of fused-ring (bicyclic) bond motifs is 5. The summed E-state index contributed by atoms with van der Waals surface area (Å²) in [5, 5.41) is 14.5. The van der Waals surface area contributed by atoms with E-state index in [1.54, 1.807) is 0 Å². The van der Waals surface area contributed by atoms with Crippen molar-refractivity contribution in [2.24, 2.45) is 5.41 Å². The maximum atomic E-state index is 12.5. The molecule has 0 amide bonds. The number of aromatic nitrogens is 3. The van der Waals surface area contributed by atoms with Gasteiger partial charge in [0.25, 0.3) is 0 Å². The number of imidazole rings is 1. The van der Waals surface area contributed by atoms with E-state index in [1.165, 1.54) is 74.5 Å². The molecule has 1 N–H and O–H groups in total. The molecule has 0 radical (unpaired) electrons. The van der Waals surface area contributed by atoms with Gasteiger partial charge < -0.3 is 9.52 Å². The molecule has 322 valence electrons. The second-order valence-electron chi connectivity index (χ2n) is 21.4. The Bertz CT molecular complexity index is 2990. The second-order valence-corrected chi connectivity index (χ2v) is 21.4. The van der Waals surface area contributed by atoms with Gasteiger partial charge in [0.1, 0.15) is 28.3 Å². The molecule has 5 aromatic carbocycles. The first-order valence-electron chi connectivity index (χ1n) is 23.6. The van der Waals surface area contributed by atoms with Crippen LogP contribution in [0.1, 0.15) is 147 Å². The minimum atomic E-state index is -0.297. The monoisotopic (exact) mass is 833 g/mol. The van der Waals surface area contributed by atoms with Gasteiger partial charge in [-0.05, 0) is 149 Å². The number of nitrogens with zero attached hydrogens (tertiary/aromatic N) is 3. The highest BCUT2D eigenvalue weighted by Gasteiger charge is 2.37. The molecule has 0 aliphatic heterocycles. The van der Waals surface area contributed by atoms with Gasteiger partial charge in [-0.2, -0.15) is 0 Å². The Hall–Kier alpha value is -5.68. The van der Waals surface area contributed by atoms with Gasteiger partial charge in [-0.25, -0.2) is 4.98 Å². The van der Waals surface area contributed by atoms with Gasteiger partial charge >= 0.3 is 0 Å². The molecule has 3 aromatic heterocycles. The molecule has 5 heteroatoms. The number of pyridine rings is 1. The standard InChI is InChI=1S/C58H63N3O2/c1-36(2)43-31-39(38-23-28-58(29-24-38)26-13-10-14-27-58)17-19-48(43)61-49-20-22-51-52(53(49)60-55(61)45-34-42(56(3,4)5)35-46(54(45)62)57(6,7)8)44-32-41(18-21-50(44)63-51)47-33-40(25-30-59-47)37-15-11-9-12-16-37/h9,11-12,15-22,25,30-36,38,62H,10,13-14,23-24,26-29H2,1-8H3. The Morgan fingerprint density at radius 1 is 0.714 bits per heavy atom. The molecular weight excluding hydrogens is 771 g/mol. The zero-order chi connectivity index (χ0) is 43.8. The van der Waals surface area contributed by atoms with E-state index in [2.05, 4.69) is 157 Å². The number of hydrogen-bond acceptors (Lipinski definition) is 4. The highest BCUT2D eigenvalue weighted by atomic mass is 16.3. The number of rotatable bonds is 6. The Morgan fingerprint density at radius 2 is 1.46 bits per heavy atom. The van der Waals surface area contributed by atoms with Crippen LogP contribution >= 0.6 is 0 Å². The number of aromatic hydroxyl groups is 1. The van der Waals surface area contributed by atoms with Crippen LogP contribution in [0.25, 0.3) is 72.4 Å². The number of phenols is 1. The predicted octanol–water partition coefficient (Wildman–Crippen LogP) is 16.4. The molecule has 8 aromatic rings. The van der Waals surface area contributed by atoms with Crippen molar-refractivity contribution in [2.75, 3.05) is 0 Å². The van der Waals surface area contributed by atoms with Crippen molar-refractivity contribution in [3.63, 3.8) is 0 Å². The summed E-state index contributed by atoms with van der Waals surface area (Å²) in [5.74, 6) is 1.87. The van der Waals surface area contributed by atoms with E-state index in [1.807, 2.05) is 12.3 Å². The molecule has 10 rings (SSSR count). The Labute approximate surface area is 373 Å². The van der Waals surface area contributed by atoms with E-state index in [4.69, 9.17) is 14.4 Å². The third kappa shape index (κ3) is 7.45. The van der Waals surface area contributed by atoms with Crippen LogP contribution < -0.4 is 0 Å². The predicted molar refractivity (Wildman–Crippen MR) is 262 cm³/mol. The topological polar surface area (TPSA) is 64.1 Å². The minimum Gasteiger partial charge on any atom is -0.507 e. The normalized spacial score (nSPS) is 16.3. The van der Waals surface area contributed by atoms with E-state index in [-0.39, 0.29) is 22.5 Å². The smallest absolute Gasteiger partial charge is 0.149 e. The lowest BCUT2D eigenvalue weighted by Gasteiger charge is -2.43. The summed E-state index contributed by atoms with van der Waals surface area (Å²) in [6.45, 7) is 17.9. The van der Waals surface area contributed by atoms with Crippen LogP contribution in [0.3, 0.4) is 0 Å². The van der Waals surface area contributed by atoms with Gasteiger partial charge in [0.05, 0.1) is 27.8 Å². The van der Waals surface area contributed by atoms with Crippen LogP contribution in [0, 0.1) is 5.41 Å². The van der Waals surface area contributed by atoms with Gasteiger partial charge in [-0.1, -0.05) is 123 Å². The Balaban J connectivity index is 1.19. The van der Waals surface area contributed by atoms with Crippen molar-refractivity contribution in [1.29, 1.82) is 0 Å². The van der Waals surface area contributed by atoms with E-state index in [0.717, 1.165) is 78.0 Å². The van der Waals surface area contributed by atoms with E-state index in [9.17, 15) is 5.11 Å². The maximum absolute atomic E-state index is 12.5. The maximum Gasteiger partial charge on any atom is 0.149 e. The number of furan rings is 1. The molecule has 0 saturated heterocycles. The minimum absolute atomic E-state index is 0.156. The van der Waals surface area contributed by atoms with Gasteiger partial charge in [-0.3, -0.25) is 9.55 Å². The third-order valence-electron chi connectivity index (χ3n) is 14.8. The Kier molecular flexibility index (Phi) is 10.2. The molecule has 5 nitrogen and oxygen atoms in total. The summed E-state index contributed by atoms with van der Waals surface area (Å²) in [6.07, 6.45) is 14.2. The van der Waals surface area contributed by atoms with Crippen LogP contribution in [0.5, 0.6) is 5.75 Å². The molecule has 1 spiro atoms. The highest BCUT2D eigenvalue weighted by molar-refractivity contribution is 6.18. The van der Waals surface area contributed by atoms with Gasteiger partial charge in [0.15, 0.2) is 0 Å². The molecule has 3 heterocycles. The van der Waals surface area contributed by atoms with Crippen molar-refractivity contribution >= 4 is 33.0 Å². The average molecular weight is 834 g/mol. The molecule has 2 saturated carbocycles. The zero-order valence-electron chi connectivity index (χ0n) is 38.6. The average Bonchev–Trinajstić information content (AvgIpc) is 3.84. The fraction of sp³-hybridized carbons (Fsp3) is 0.379. The summed E-state index contributed by atoms with van der Waals surface area (Å²) in [5.41, 5.74) is 14.5. The lowest BCUT2D eigenvalue weighted by molar-refractivity contribution is 0.114. The zero-order valence-corrected chi connectivity index (χ0v) is 38.6. The van der Waals surface area contributed by atoms with Crippen molar-refractivity contribution in [3.05, 3.63) is 132 Å².